The fraction of sp³-hybridized carbons (Fsp3) is 0.0571. The normalized spacial score (nSPS) is 13.9. The van der Waals surface area contributed by atoms with Gasteiger partial charge in [0.1, 0.15) is 0 Å². The maximum Gasteiger partial charge on any atom is 0.0726 e. The number of hydrogen-bond donors (Lipinski definition) is 0. The van der Waals surface area contributed by atoms with Crippen LogP contribution in [0, 0.1) is 0 Å². The highest BCUT2D eigenvalue weighted by molar-refractivity contribution is 6.10. The molecule has 12 aromatic rings. The summed E-state index contributed by atoms with van der Waals surface area (Å²) in [4.78, 5) is 2.50. The second kappa shape index (κ2) is 15.3. The molecule has 11 aromatic carbocycles. The topological polar surface area (TPSA) is 8.17 Å². The Bertz CT molecular complexity index is 4130. The summed E-state index contributed by atoms with van der Waals surface area (Å²) in [5, 5.41) is 2.50. The van der Waals surface area contributed by atoms with Crippen LogP contribution in [0.2, 0.25) is 0 Å². The quantitative estimate of drug-likeness (QED) is 0.161. The van der Waals surface area contributed by atoms with Crippen LogP contribution >= 0.6 is 0 Å². The van der Waals surface area contributed by atoms with Gasteiger partial charge in [-0.1, -0.05) is 202 Å². The van der Waals surface area contributed by atoms with E-state index < -0.39 is 5.41 Å². The summed E-state index contributed by atoms with van der Waals surface area (Å²) >= 11 is 0. The van der Waals surface area contributed by atoms with E-state index >= 15 is 0 Å². The molecule has 2 nitrogen and oxygen atoms in total. The molecule has 1 spiro atoms. The first-order chi connectivity index (χ1) is 35.5. The molecule has 0 atom stereocenters. The first-order valence-electron chi connectivity index (χ1n) is 25.3. The highest BCUT2D eigenvalue weighted by Gasteiger charge is 2.52. The van der Waals surface area contributed by atoms with Gasteiger partial charge in [-0.3, -0.25) is 0 Å². The third-order valence-electron chi connectivity index (χ3n) is 16.4. The maximum atomic E-state index is 2.53. The SMILES string of the molecule is CC1(C)c2ccccc2-c2ccc(N(c3ccc(-c4ccc5c(c4)c4ccccc4n5-c4ccccc4)cc3)c3ccc4c(c3)C3(c5ccccc5-c5ccccc53)c3cccc(-c5ccccc5)c3-4)cc21. The average Bonchev–Trinajstić information content (AvgIpc) is 4.12. The third kappa shape index (κ3) is 5.61. The number of para-hydroxylation sites is 2. The molecule has 3 aliphatic carbocycles. The van der Waals surface area contributed by atoms with Crippen LogP contribution in [-0.4, -0.2) is 4.57 Å². The monoisotopic (exact) mass is 916 g/mol. The van der Waals surface area contributed by atoms with Gasteiger partial charge in [0.15, 0.2) is 0 Å². The minimum Gasteiger partial charge on any atom is -0.310 e. The molecule has 0 N–H and O–H groups in total. The molecule has 0 saturated heterocycles. The van der Waals surface area contributed by atoms with Crippen molar-refractivity contribution in [2.24, 2.45) is 0 Å². The lowest BCUT2D eigenvalue weighted by Gasteiger charge is -2.32. The molecule has 1 aromatic heterocycles. The summed E-state index contributed by atoms with van der Waals surface area (Å²) in [5.74, 6) is 0. The first-order valence-corrected chi connectivity index (χ1v) is 25.3. The lowest BCUT2D eigenvalue weighted by atomic mass is 9.70. The highest BCUT2D eigenvalue weighted by atomic mass is 15.1. The fourth-order valence-corrected chi connectivity index (χ4v) is 13.3. The number of hydrogen-bond acceptors (Lipinski definition) is 1. The summed E-state index contributed by atoms with van der Waals surface area (Å²) in [7, 11) is 0. The predicted octanol–water partition coefficient (Wildman–Crippen LogP) is 18.2. The Morgan fingerprint density at radius 1 is 0.306 bits per heavy atom. The second-order valence-electron chi connectivity index (χ2n) is 20.4. The largest absolute Gasteiger partial charge is 0.310 e. The van der Waals surface area contributed by atoms with Crippen molar-refractivity contribution >= 4 is 38.9 Å². The summed E-state index contributed by atoms with van der Waals surface area (Å²) < 4.78 is 2.39. The van der Waals surface area contributed by atoms with E-state index in [1.54, 1.807) is 0 Å². The van der Waals surface area contributed by atoms with Crippen LogP contribution in [0.1, 0.15) is 47.2 Å². The van der Waals surface area contributed by atoms with Gasteiger partial charge in [0, 0.05) is 38.9 Å². The van der Waals surface area contributed by atoms with Gasteiger partial charge in [0.25, 0.3) is 0 Å². The van der Waals surface area contributed by atoms with Crippen molar-refractivity contribution in [2.75, 3.05) is 4.90 Å². The van der Waals surface area contributed by atoms with Crippen molar-refractivity contribution in [1.82, 2.24) is 4.57 Å². The molecule has 1 heterocycles. The smallest absolute Gasteiger partial charge is 0.0726 e. The summed E-state index contributed by atoms with van der Waals surface area (Å²) in [6, 6.07) is 95.3. The maximum absolute atomic E-state index is 2.53. The summed E-state index contributed by atoms with van der Waals surface area (Å²) in [6.45, 7) is 4.76. The Kier molecular flexibility index (Phi) is 8.66. The molecule has 0 radical (unpaired) electrons. The Hall–Kier alpha value is -8.98. The number of benzene rings is 11. The van der Waals surface area contributed by atoms with Crippen LogP contribution in [0.5, 0.6) is 0 Å². The van der Waals surface area contributed by atoms with E-state index in [2.05, 4.69) is 278 Å². The number of nitrogens with zero attached hydrogens (tertiary/aromatic N) is 2. The lowest BCUT2D eigenvalue weighted by Crippen LogP contribution is -2.26. The third-order valence-corrected chi connectivity index (χ3v) is 16.4. The Balaban J connectivity index is 0.936. The fourth-order valence-electron chi connectivity index (χ4n) is 13.3. The first kappa shape index (κ1) is 40.9. The standard InChI is InChI=1S/C70H48N2/c1-69(2)60-27-13-9-22-53(60)56-39-37-50(43-64(56)69)71(49-35-32-45(33-36-49)47-34-41-67-59(42-47)57-25-12-16-31-66(57)72(67)48-20-7-4-8-21-48)51-38-40-58-65(44-51)70(61-28-14-10-23-54(61)55-24-11-15-29-62(55)70)63-30-17-26-52(68(58)63)46-18-5-3-6-19-46/h3-44H,1-2H3. The molecular formula is C70H48N2. The second-order valence-corrected chi connectivity index (χ2v) is 20.4. The van der Waals surface area contributed by atoms with Gasteiger partial charge in [-0.2, -0.15) is 0 Å². The van der Waals surface area contributed by atoms with Crippen LogP contribution in [0.25, 0.3) is 83.1 Å². The van der Waals surface area contributed by atoms with Gasteiger partial charge in [0.2, 0.25) is 0 Å². The molecule has 72 heavy (non-hydrogen) atoms. The van der Waals surface area contributed by atoms with Gasteiger partial charge >= 0.3 is 0 Å². The molecule has 0 bridgehead atoms. The Morgan fingerprint density at radius 2 is 0.819 bits per heavy atom. The molecule has 2 heteroatoms. The van der Waals surface area contributed by atoms with Crippen molar-refractivity contribution in [2.45, 2.75) is 24.7 Å². The molecular weight excluding hydrogens is 869 g/mol. The van der Waals surface area contributed by atoms with E-state index in [0.29, 0.717) is 0 Å². The highest BCUT2D eigenvalue weighted by Crippen LogP contribution is 2.65. The van der Waals surface area contributed by atoms with Crippen LogP contribution in [0.3, 0.4) is 0 Å². The molecule has 0 saturated carbocycles. The van der Waals surface area contributed by atoms with E-state index in [1.165, 1.54) is 117 Å². The predicted molar refractivity (Wildman–Crippen MR) is 300 cm³/mol. The van der Waals surface area contributed by atoms with Gasteiger partial charge in [-0.25, -0.2) is 0 Å². The molecule has 3 aliphatic rings. The van der Waals surface area contributed by atoms with E-state index in [1.807, 2.05) is 0 Å². The van der Waals surface area contributed by atoms with Gasteiger partial charge in [0.05, 0.1) is 16.4 Å². The van der Waals surface area contributed by atoms with E-state index in [-0.39, 0.29) is 5.41 Å². The van der Waals surface area contributed by atoms with Gasteiger partial charge < -0.3 is 9.47 Å². The van der Waals surface area contributed by atoms with Crippen molar-refractivity contribution in [3.8, 4) is 61.3 Å². The van der Waals surface area contributed by atoms with E-state index in [9.17, 15) is 0 Å². The molecule has 0 unspecified atom stereocenters. The van der Waals surface area contributed by atoms with Crippen LogP contribution < -0.4 is 4.90 Å². The van der Waals surface area contributed by atoms with Crippen molar-refractivity contribution in [3.63, 3.8) is 0 Å². The van der Waals surface area contributed by atoms with Crippen LogP contribution in [0.4, 0.5) is 17.1 Å². The summed E-state index contributed by atoms with van der Waals surface area (Å²) in [6.07, 6.45) is 0. The van der Waals surface area contributed by atoms with Gasteiger partial charge in [-0.05, 0) is 156 Å². The Morgan fingerprint density at radius 3 is 1.54 bits per heavy atom. The van der Waals surface area contributed by atoms with Crippen LogP contribution in [0.15, 0.2) is 255 Å². The van der Waals surface area contributed by atoms with Crippen LogP contribution in [-0.2, 0) is 10.8 Å². The zero-order chi connectivity index (χ0) is 47.7. The minimum atomic E-state index is -0.516. The molecule has 15 rings (SSSR count). The minimum absolute atomic E-state index is 0.158. The van der Waals surface area contributed by atoms with E-state index in [0.717, 1.165) is 17.1 Å². The van der Waals surface area contributed by atoms with Gasteiger partial charge in [-0.15, -0.1) is 0 Å². The molecule has 0 aliphatic heterocycles. The molecule has 338 valence electrons. The van der Waals surface area contributed by atoms with Crippen molar-refractivity contribution in [3.05, 3.63) is 288 Å². The zero-order valence-electron chi connectivity index (χ0n) is 40.1. The number of aromatic nitrogens is 1. The number of anilines is 3. The zero-order valence-corrected chi connectivity index (χ0v) is 40.1. The molecule has 0 fully saturated rings. The Labute approximate surface area is 420 Å². The van der Waals surface area contributed by atoms with Crippen molar-refractivity contribution in [1.29, 1.82) is 0 Å². The van der Waals surface area contributed by atoms with E-state index in [4.69, 9.17) is 0 Å². The summed E-state index contributed by atoms with van der Waals surface area (Å²) in [5.41, 5.74) is 27.0. The number of fused-ring (bicyclic) bond motifs is 16. The average molecular weight is 917 g/mol. The lowest BCUT2D eigenvalue weighted by molar-refractivity contribution is 0.660. The van der Waals surface area contributed by atoms with Crippen molar-refractivity contribution < 1.29 is 0 Å². The number of rotatable bonds is 6. The molecule has 0 amide bonds.